The summed E-state index contributed by atoms with van der Waals surface area (Å²) in [7, 11) is 0. The van der Waals surface area contributed by atoms with E-state index in [0.717, 1.165) is 22.6 Å². The van der Waals surface area contributed by atoms with Crippen molar-refractivity contribution in [2.75, 3.05) is 11.9 Å². The van der Waals surface area contributed by atoms with Gasteiger partial charge in [0.05, 0.1) is 18.7 Å². The van der Waals surface area contributed by atoms with Crippen LogP contribution in [0.2, 0.25) is 0 Å². The lowest BCUT2D eigenvalue weighted by Crippen LogP contribution is -2.36. The van der Waals surface area contributed by atoms with Crippen LogP contribution in [0, 0.1) is 0 Å². The number of thioether (sulfide) groups is 1. The zero-order chi connectivity index (χ0) is 21.0. The molecule has 3 amide bonds. The second-order valence-corrected chi connectivity index (χ2v) is 10.4. The first-order valence-electron chi connectivity index (χ1n) is 9.89. The number of amides is 3. The number of aromatic nitrogens is 1. The van der Waals surface area contributed by atoms with Crippen LogP contribution in [-0.4, -0.2) is 39.7 Å². The number of fused-ring (bicyclic) bond motifs is 1. The lowest BCUT2D eigenvalue weighted by molar-refractivity contribution is -0.131. The number of benzene rings is 1. The molecular formula is C21H28N4O2S2. The number of carbonyl (C=O) groups excluding carboxylic acids is 2. The molecule has 2 heterocycles. The van der Waals surface area contributed by atoms with Crippen molar-refractivity contribution < 1.29 is 9.59 Å². The van der Waals surface area contributed by atoms with Gasteiger partial charge in [-0.1, -0.05) is 37.3 Å². The Balaban J connectivity index is 1.57. The summed E-state index contributed by atoms with van der Waals surface area (Å²) in [4.78, 5) is 33.3. The Labute approximate surface area is 180 Å². The minimum Gasteiger partial charge on any atom is -0.337 e. The summed E-state index contributed by atoms with van der Waals surface area (Å²) in [6.07, 6.45) is 1.12. The lowest BCUT2D eigenvalue weighted by Gasteiger charge is -2.26. The van der Waals surface area contributed by atoms with Gasteiger partial charge in [0.1, 0.15) is 0 Å². The Morgan fingerprint density at radius 3 is 2.59 bits per heavy atom. The molecule has 0 unspecified atom stereocenters. The molecule has 0 saturated heterocycles. The van der Waals surface area contributed by atoms with Crippen LogP contribution in [0.5, 0.6) is 0 Å². The fourth-order valence-electron chi connectivity index (χ4n) is 3.10. The van der Waals surface area contributed by atoms with Crippen LogP contribution in [-0.2, 0) is 24.2 Å². The molecule has 1 aromatic heterocycles. The SMILES string of the molecule is CC(C)NC(=O)Nc1nc2c(s1)CN(C(=O)Cc1ccc(SC(C)C)cc1)CC2. The Kier molecular flexibility index (Phi) is 7.18. The molecule has 2 aromatic rings. The molecule has 0 spiro atoms. The third-order valence-corrected chi connectivity index (χ3v) is 6.39. The first-order valence-corrected chi connectivity index (χ1v) is 11.6. The molecule has 29 heavy (non-hydrogen) atoms. The summed E-state index contributed by atoms with van der Waals surface area (Å²) in [6, 6.07) is 8.07. The van der Waals surface area contributed by atoms with Crippen LogP contribution in [0.3, 0.4) is 0 Å². The molecule has 6 nitrogen and oxygen atoms in total. The van der Waals surface area contributed by atoms with Crippen molar-refractivity contribution in [3.63, 3.8) is 0 Å². The summed E-state index contributed by atoms with van der Waals surface area (Å²) in [5.74, 6) is 0.125. The van der Waals surface area contributed by atoms with Gasteiger partial charge in [-0.25, -0.2) is 9.78 Å². The largest absolute Gasteiger partial charge is 0.337 e. The number of thiazole rings is 1. The maximum Gasteiger partial charge on any atom is 0.321 e. The molecule has 1 aliphatic rings. The monoisotopic (exact) mass is 432 g/mol. The predicted molar refractivity (Wildman–Crippen MR) is 120 cm³/mol. The van der Waals surface area contributed by atoms with Crippen LogP contribution in [0.15, 0.2) is 29.2 Å². The Hall–Kier alpha value is -2.06. The van der Waals surface area contributed by atoms with Crippen molar-refractivity contribution in [2.45, 2.75) is 63.3 Å². The number of nitrogens with one attached hydrogen (secondary N) is 2. The van der Waals surface area contributed by atoms with Gasteiger partial charge in [-0.3, -0.25) is 10.1 Å². The zero-order valence-corrected chi connectivity index (χ0v) is 19.0. The molecule has 3 rings (SSSR count). The number of hydrogen-bond donors (Lipinski definition) is 2. The van der Waals surface area contributed by atoms with Crippen LogP contribution in [0.1, 0.15) is 43.8 Å². The topological polar surface area (TPSA) is 74.3 Å². The minimum atomic E-state index is -0.252. The summed E-state index contributed by atoms with van der Waals surface area (Å²) >= 11 is 3.27. The number of rotatable bonds is 6. The van der Waals surface area contributed by atoms with Crippen molar-refractivity contribution >= 4 is 40.2 Å². The van der Waals surface area contributed by atoms with E-state index in [2.05, 4.69) is 41.6 Å². The van der Waals surface area contributed by atoms with Gasteiger partial charge < -0.3 is 10.2 Å². The van der Waals surface area contributed by atoms with E-state index in [0.29, 0.717) is 29.9 Å². The summed E-state index contributed by atoms with van der Waals surface area (Å²) in [6.45, 7) is 9.38. The second kappa shape index (κ2) is 9.63. The lowest BCUT2D eigenvalue weighted by atomic mass is 10.1. The third-order valence-electron chi connectivity index (χ3n) is 4.37. The van der Waals surface area contributed by atoms with Crippen LogP contribution < -0.4 is 10.6 Å². The molecule has 0 radical (unpaired) electrons. The highest BCUT2D eigenvalue weighted by molar-refractivity contribution is 7.99. The summed E-state index contributed by atoms with van der Waals surface area (Å²) in [5.41, 5.74) is 2.01. The van der Waals surface area contributed by atoms with Gasteiger partial charge in [0.2, 0.25) is 5.91 Å². The highest BCUT2D eigenvalue weighted by Gasteiger charge is 2.24. The molecule has 156 valence electrons. The minimum absolute atomic E-state index is 0.0655. The maximum atomic E-state index is 12.8. The summed E-state index contributed by atoms with van der Waals surface area (Å²) in [5, 5.41) is 6.70. The molecule has 1 aromatic carbocycles. The number of anilines is 1. The first-order chi connectivity index (χ1) is 13.8. The number of hydrogen-bond acceptors (Lipinski definition) is 5. The first kappa shape index (κ1) is 21.6. The molecule has 0 atom stereocenters. The van der Waals surface area contributed by atoms with Gasteiger partial charge in [0.25, 0.3) is 0 Å². The van der Waals surface area contributed by atoms with Crippen molar-refractivity contribution in [2.24, 2.45) is 0 Å². The quantitative estimate of drug-likeness (QED) is 0.668. The number of urea groups is 1. The molecule has 0 saturated carbocycles. The predicted octanol–water partition coefficient (Wildman–Crippen LogP) is 4.30. The van der Waals surface area contributed by atoms with Crippen molar-refractivity contribution in [3.8, 4) is 0 Å². The fourth-order valence-corrected chi connectivity index (χ4v) is 4.96. The van der Waals surface area contributed by atoms with Gasteiger partial charge in [-0.05, 0) is 31.5 Å². The maximum absolute atomic E-state index is 12.8. The number of carbonyl (C=O) groups is 2. The third kappa shape index (κ3) is 6.21. The van der Waals surface area contributed by atoms with Crippen molar-refractivity contribution in [1.82, 2.24) is 15.2 Å². The van der Waals surface area contributed by atoms with E-state index < -0.39 is 0 Å². The number of nitrogens with zero attached hydrogens (tertiary/aromatic N) is 2. The Morgan fingerprint density at radius 2 is 1.93 bits per heavy atom. The standard InChI is InChI=1S/C21H28N4O2S2/c1-13(2)22-20(27)24-21-23-17-9-10-25(12-18(17)29-21)19(26)11-15-5-7-16(8-6-15)28-14(3)4/h5-8,13-14H,9-12H2,1-4H3,(H2,22,23,24,27). The highest BCUT2D eigenvalue weighted by Crippen LogP contribution is 2.29. The molecule has 0 fully saturated rings. The van der Waals surface area contributed by atoms with Crippen LogP contribution >= 0.6 is 23.1 Å². The average Bonchev–Trinajstić information content (AvgIpc) is 3.03. The van der Waals surface area contributed by atoms with E-state index >= 15 is 0 Å². The van der Waals surface area contributed by atoms with Gasteiger partial charge in [0, 0.05) is 34.0 Å². The molecule has 1 aliphatic heterocycles. The van der Waals surface area contributed by atoms with Crippen molar-refractivity contribution in [1.29, 1.82) is 0 Å². The van der Waals surface area contributed by atoms with Crippen molar-refractivity contribution in [3.05, 3.63) is 40.4 Å². The van der Waals surface area contributed by atoms with Gasteiger partial charge in [0.15, 0.2) is 5.13 Å². The van der Waals surface area contributed by atoms with E-state index in [1.165, 1.54) is 16.2 Å². The fraction of sp³-hybridized carbons (Fsp3) is 0.476. The Morgan fingerprint density at radius 1 is 1.21 bits per heavy atom. The van der Waals surface area contributed by atoms with E-state index in [-0.39, 0.29) is 18.0 Å². The normalized spacial score (nSPS) is 13.5. The smallest absolute Gasteiger partial charge is 0.321 e. The van der Waals surface area contributed by atoms with Crippen LogP contribution in [0.25, 0.3) is 0 Å². The van der Waals surface area contributed by atoms with E-state index in [1.54, 1.807) is 0 Å². The van der Waals surface area contributed by atoms with Gasteiger partial charge in [-0.2, -0.15) is 0 Å². The van der Waals surface area contributed by atoms with E-state index in [4.69, 9.17) is 0 Å². The van der Waals surface area contributed by atoms with E-state index in [9.17, 15) is 9.59 Å². The zero-order valence-electron chi connectivity index (χ0n) is 17.3. The average molecular weight is 433 g/mol. The molecule has 2 N–H and O–H groups in total. The molecule has 8 heteroatoms. The van der Waals surface area contributed by atoms with E-state index in [1.807, 2.05) is 42.6 Å². The van der Waals surface area contributed by atoms with Gasteiger partial charge in [-0.15, -0.1) is 11.8 Å². The highest BCUT2D eigenvalue weighted by atomic mass is 32.2. The molecule has 0 bridgehead atoms. The second-order valence-electron chi connectivity index (χ2n) is 7.69. The summed E-state index contributed by atoms with van der Waals surface area (Å²) < 4.78 is 0. The van der Waals surface area contributed by atoms with Crippen LogP contribution in [0.4, 0.5) is 9.93 Å². The Bertz CT molecular complexity index is 862. The molecule has 0 aliphatic carbocycles. The van der Waals surface area contributed by atoms with Gasteiger partial charge >= 0.3 is 6.03 Å². The molecular weight excluding hydrogens is 404 g/mol.